The largest absolute Gasteiger partial charge is 0.482 e. The van der Waals surface area contributed by atoms with E-state index in [1.807, 2.05) is 44.2 Å². The number of halogens is 2. The quantitative estimate of drug-likeness (QED) is 0.816. The predicted molar refractivity (Wildman–Crippen MR) is 92.4 cm³/mol. The fourth-order valence-corrected chi connectivity index (χ4v) is 2.69. The minimum atomic E-state index is -0.188. The molecule has 0 fully saturated rings. The molecule has 1 atom stereocenters. The smallest absolute Gasteiger partial charge is 0.258 e. The number of carbonyl (C=O) groups excluding carboxylic acids is 1. The monoisotopic (exact) mass is 381 g/mol. The summed E-state index contributed by atoms with van der Waals surface area (Å²) in [6, 6.07) is 13.3. The number of amides is 1. The van der Waals surface area contributed by atoms with Crippen molar-refractivity contribution in [2.24, 2.45) is 0 Å². The first-order chi connectivity index (χ1) is 10.5. The molecule has 0 aromatic heterocycles. The topological polar surface area (TPSA) is 38.3 Å². The third-order valence-corrected chi connectivity index (χ3v) is 4.00. The van der Waals surface area contributed by atoms with Crippen molar-refractivity contribution in [3.8, 4) is 5.75 Å². The standard InChI is InChI=1S/C17H17BrClNO2/c1-11-3-5-13(6-4-11)12(2)20-17(21)10-22-16-8-7-14(18)9-15(16)19/h3-9,12H,10H2,1-2H3,(H,20,21). The summed E-state index contributed by atoms with van der Waals surface area (Å²) in [7, 11) is 0. The van der Waals surface area contributed by atoms with Crippen LogP contribution in [-0.2, 0) is 4.79 Å². The van der Waals surface area contributed by atoms with Gasteiger partial charge in [0, 0.05) is 4.47 Å². The van der Waals surface area contributed by atoms with E-state index in [1.165, 1.54) is 5.56 Å². The summed E-state index contributed by atoms with van der Waals surface area (Å²) in [6.07, 6.45) is 0. The number of ether oxygens (including phenoxy) is 1. The zero-order valence-corrected chi connectivity index (χ0v) is 14.7. The Balaban J connectivity index is 1.88. The average molecular weight is 383 g/mol. The van der Waals surface area contributed by atoms with Gasteiger partial charge in [-0.15, -0.1) is 0 Å². The first-order valence-corrected chi connectivity index (χ1v) is 8.06. The summed E-state index contributed by atoms with van der Waals surface area (Å²) in [4.78, 5) is 12.0. The van der Waals surface area contributed by atoms with Crippen LogP contribution in [0.1, 0.15) is 24.1 Å². The van der Waals surface area contributed by atoms with Gasteiger partial charge < -0.3 is 10.1 Å². The van der Waals surface area contributed by atoms with Crippen LogP contribution in [0.5, 0.6) is 5.75 Å². The number of nitrogens with one attached hydrogen (secondary N) is 1. The van der Waals surface area contributed by atoms with Crippen LogP contribution >= 0.6 is 27.5 Å². The number of benzene rings is 2. The molecule has 0 bridgehead atoms. The summed E-state index contributed by atoms with van der Waals surface area (Å²) in [5, 5.41) is 3.37. The van der Waals surface area contributed by atoms with E-state index in [2.05, 4.69) is 21.2 Å². The second-order valence-corrected chi connectivity index (χ2v) is 6.39. The zero-order valence-electron chi connectivity index (χ0n) is 12.4. The molecule has 0 aliphatic carbocycles. The molecular formula is C17H17BrClNO2. The SMILES string of the molecule is Cc1ccc(C(C)NC(=O)COc2ccc(Br)cc2Cl)cc1. The van der Waals surface area contributed by atoms with Crippen molar-refractivity contribution in [1.29, 1.82) is 0 Å². The van der Waals surface area contributed by atoms with E-state index in [0.717, 1.165) is 10.0 Å². The van der Waals surface area contributed by atoms with Gasteiger partial charge >= 0.3 is 0 Å². The highest BCUT2D eigenvalue weighted by molar-refractivity contribution is 9.10. The van der Waals surface area contributed by atoms with Gasteiger partial charge in [-0.05, 0) is 37.6 Å². The normalized spacial score (nSPS) is 11.8. The van der Waals surface area contributed by atoms with Gasteiger partial charge in [0.1, 0.15) is 5.75 Å². The molecule has 1 N–H and O–H groups in total. The van der Waals surface area contributed by atoms with Crippen molar-refractivity contribution in [2.75, 3.05) is 6.61 Å². The molecule has 1 unspecified atom stereocenters. The Kier molecular flexibility index (Phi) is 5.86. The van der Waals surface area contributed by atoms with Crippen LogP contribution in [0.25, 0.3) is 0 Å². The van der Waals surface area contributed by atoms with Crippen molar-refractivity contribution < 1.29 is 9.53 Å². The van der Waals surface area contributed by atoms with Crippen LogP contribution < -0.4 is 10.1 Å². The third-order valence-electron chi connectivity index (χ3n) is 3.21. The van der Waals surface area contributed by atoms with Crippen LogP contribution in [0, 0.1) is 6.92 Å². The lowest BCUT2D eigenvalue weighted by Gasteiger charge is -2.15. The van der Waals surface area contributed by atoms with E-state index in [4.69, 9.17) is 16.3 Å². The van der Waals surface area contributed by atoms with Gasteiger partial charge in [0.25, 0.3) is 5.91 Å². The first-order valence-electron chi connectivity index (χ1n) is 6.89. The van der Waals surface area contributed by atoms with Crippen LogP contribution in [0.15, 0.2) is 46.9 Å². The molecule has 2 aromatic rings. The Labute approximate surface area is 143 Å². The number of rotatable bonds is 5. The fourth-order valence-electron chi connectivity index (χ4n) is 1.96. The molecule has 5 heteroatoms. The molecule has 22 heavy (non-hydrogen) atoms. The Morgan fingerprint density at radius 2 is 1.95 bits per heavy atom. The van der Waals surface area contributed by atoms with Crippen molar-refractivity contribution in [2.45, 2.75) is 19.9 Å². The minimum absolute atomic E-state index is 0.0719. The van der Waals surface area contributed by atoms with Crippen LogP contribution in [0.4, 0.5) is 0 Å². The summed E-state index contributed by atoms with van der Waals surface area (Å²) in [5.74, 6) is 0.301. The summed E-state index contributed by atoms with van der Waals surface area (Å²) < 4.78 is 6.31. The predicted octanol–water partition coefficient (Wildman–Crippen LogP) is 4.67. The van der Waals surface area contributed by atoms with Gasteiger partial charge in [-0.3, -0.25) is 4.79 Å². The fraction of sp³-hybridized carbons (Fsp3) is 0.235. The molecule has 0 saturated heterocycles. The molecule has 0 spiro atoms. The zero-order chi connectivity index (χ0) is 16.1. The Morgan fingerprint density at radius 3 is 2.59 bits per heavy atom. The van der Waals surface area contributed by atoms with Crippen LogP contribution in [0.2, 0.25) is 5.02 Å². The molecule has 0 aliphatic rings. The number of hydrogen-bond donors (Lipinski definition) is 1. The molecule has 0 aliphatic heterocycles. The van der Waals surface area contributed by atoms with Gasteiger partial charge in [0.05, 0.1) is 11.1 Å². The van der Waals surface area contributed by atoms with E-state index in [0.29, 0.717) is 10.8 Å². The van der Waals surface area contributed by atoms with E-state index < -0.39 is 0 Å². The van der Waals surface area contributed by atoms with Crippen molar-refractivity contribution >= 4 is 33.4 Å². The summed E-state index contributed by atoms with van der Waals surface area (Å²) in [5.41, 5.74) is 2.25. The van der Waals surface area contributed by atoms with Crippen LogP contribution in [0.3, 0.4) is 0 Å². The summed E-state index contributed by atoms with van der Waals surface area (Å²) in [6.45, 7) is 3.90. The maximum atomic E-state index is 12.0. The molecule has 1 amide bonds. The molecule has 0 radical (unpaired) electrons. The Hall–Kier alpha value is -1.52. The number of carbonyl (C=O) groups is 1. The first kappa shape index (κ1) is 16.8. The highest BCUT2D eigenvalue weighted by atomic mass is 79.9. The molecule has 0 heterocycles. The van der Waals surface area contributed by atoms with Gasteiger partial charge in [-0.2, -0.15) is 0 Å². The van der Waals surface area contributed by atoms with E-state index in [-0.39, 0.29) is 18.6 Å². The third kappa shape index (κ3) is 4.75. The Bertz CT molecular complexity index is 658. The Morgan fingerprint density at radius 1 is 1.27 bits per heavy atom. The van der Waals surface area contributed by atoms with Crippen LogP contribution in [-0.4, -0.2) is 12.5 Å². The molecular weight excluding hydrogens is 366 g/mol. The lowest BCUT2D eigenvalue weighted by atomic mass is 10.1. The molecule has 2 aromatic carbocycles. The van der Waals surface area contributed by atoms with Gasteiger partial charge in [0.15, 0.2) is 6.61 Å². The van der Waals surface area contributed by atoms with Crippen molar-refractivity contribution in [3.63, 3.8) is 0 Å². The van der Waals surface area contributed by atoms with Gasteiger partial charge in [-0.25, -0.2) is 0 Å². The minimum Gasteiger partial charge on any atom is -0.482 e. The number of hydrogen-bond acceptors (Lipinski definition) is 2. The number of aryl methyl sites for hydroxylation is 1. The maximum Gasteiger partial charge on any atom is 0.258 e. The molecule has 0 saturated carbocycles. The van der Waals surface area contributed by atoms with Crippen molar-refractivity contribution in [1.82, 2.24) is 5.32 Å². The summed E-state index contributed by atoms with van der Waals surface area (Å²) >= 11 is 9.36. The van der Waals surface area contributed by atoms with Gasteiger partial charge in [0.2, 0.25) is 0 Å². The maximum absolute atomic E-state index is 12.0. The molecule has 2 rings (SSSR count). The van der Waals surface area contributed by atoms with E-state index >= 15 is 0 Å². The van der Waals surface area contributed by atoms with Crippen molar-refractivity contribution in [3.05, 3.63) is 63.1 Å². The molecule has 116 valence electrons. The lowest BCUT2D eigenvalue weighted by Crippen LogP contribution is -2.31. The van der Waals surface area contributed by atoms with E-state index in [1.54, 1.807) is 12.1 Å². The molecule has 3 nitrogen and oxygen atoms in total. The van der Waals surface area contributed by atoms with E-state index in [9.17, 15) is 4.79 Å². The second-order valence-electron chi connectivity index (χ2n) is 5.06. The highest BCUT2D eigenvalue weighted by Gasteiger charge is 2.11. The van der Waals surface area contributed by atoms with Gasteiger partial charge in [-0.1, -0.05) is 57.4 Å². The lowest BCUT2D eigenvalue weighted by molar-refractivity contribution is -0.123. The average Bonchev–Trinajstić information content (AvgIpc) is 2.47. The highest BCUT2D eigenvalue weighted by Crippen LogP contribution is 2.27. The second kappa shape index (κ2) is 7.65.